The largest absolute Gasteiger partial charge is 0.496 e. The molecule has 0 bridgehead atoms. The first-order valence-corrected chi connectivity index (χ1v) is 11.5. The van der Waals surface area contributed by atoms with E-state index in [1.54, 1.807) is 55.7 Å². The van der Waals surface area contributed by atoms with Gasteiger partial charge in [-0.2, -0.15) is 0 Å². The van der Waals surface area contributed by atoms with Gasteiger partial charge in [-0.05, 0) is 54.2 Å². The van der Waals surface area contributed by atoms with Crippen LogP contribution in [0, 0.1) is 0 Å². The fraction of sp³-hybridized carbons (Fsp3) is 0.111. The number of carbonyl (C=O) groups excluding carboxylic acids is 2. The van der Waals surface area contributed by atoms with Crippen molar-refractivity contribution < 1.29 is 19.1 Å². The predicted octanol–water partition coefficient (Wildman–Crippen LogP) is 4.45. The number of benzene rings is 3. The summed E-state index contributed by atoms with van der Waals surface area (Å²) in [6.45, 7) is 0. The minimum absolute atomic E-state index is 0.198. The van der Waals surface area contributed by atoms with Crippen LogP contribution in [0.4, 0.5) is 5.69 Å². The Labute approximate surface area is 213 Å². The highest BCUT2D eigenvalue weighted by atomic mass is 32.1. The molecule has 9 heteroatoms. The maximum absolute atomic E-state index is 12.3. The zero-order chi connectivity index (χ0) is 25.5. The molecule has 0 saturated heterocycles. The van der Waals surface area contributed by atoms with Crippen molar-refractivity contribution in [3.8, 4) is 17.2 Å². The third-order valence-corrected chi connectivity index (χ3v) is 5.50. The van der Waals surface area contributed by atoms with Gasteiger partial charge in [0.2, 0.25) is 5.91 Å². The Morgan fingerprint density at radius 2 is 1.72 bits per heavy atom. The summed E-state index contributed by atoms with van der Waals surface area (Å²) in [5.74, 6) is 1.07. The van der Waals surface area contributed by atoms with E-state index in [-0.39, 0.29) is 23.3 Å². The molecule has 182 valence electrons. The molecule has 0 aliphatic heterocycles. The van der Waals surface area contributed by atoms with E-state index in [2.05, 4.69) is 20.9 Å². The smallest absolute Gasteiger partial charge is 0.254 e. The van der Waals surface area contributed by atoms with Crippen LogP contribution in [0.25, 0.3) is 10.9 Å². The summed E-state index contributed by atoms with van der Waals surface area (Å²) in [5.41, 5.74) is 2.61. The van der Waals surface area contributed by atoms with Gasteiger partial charge in [0.1, 0.15) is 17.2 Å². The van der Waals surface area contributed by atoms with Gasteiger partial charge >= 0.3 is 0 Å². The summed E-state index contributed by atoms with van der Waals surface area (Å²) in [6.07, 6.45) is 1.87. The maximum Gasteiger partial charge on any atom is 0.254 e. The number of carbonyl (C=O) groups is 2. The minimum Gasteiger partial charge on any atom is -0.496 e. The first-order valence-electron chi connectivity index (χ1n) is 11.1. The number of fused-ring (bicyclic) bond motifs is 1. The molecule has 0 radical (unpaired) electrons. The van der Waals surface area contributed by atoms with Crippen molar-refractivity contribution in [3.63, 3.8) is 0 Å². The first kappa shape index (κ1) is 24.6. The molecule has 1 heterocycles. The van der Waals surface area contributed by atoms with Crippen LogP contribution in [-0.2, 0) is 11.2 Å². The summed E-state index contributed by atoms with van der Waals surface area (Å²) < 4.78 is 11.4. The van der Waals surface area contributed by atoms with Crippen LogP contribution in [0.5, 0.6) is 17.2 Å². The number of nitrogens with zero attached hydrogens (tertiary/aromatic N) is 1. The number of anilines is 1. The van der Waals surface area contributed by atoms with Crippen molar-refractivity contribution in [3.05, 3.63) is 90.1 Å². The van der Waals surface area contributed by atoms with Gasteiger partial charge in [0.15, 0.2) is 5.11 Å². The van der Waals surface area contributed by atoms with Gasteiger partial charge in [-0.25, -0.2) is 0 Å². The highest BCUT2D eigenvalue weighted by Gasteiger charge is 2.15. The molecule has 4 rings (SSSR count). The second-order valence-corrected chi connectivity index (χ2v) is 8.16. The van der Waals surface area contributed by atoms with Crippen molar-refractivity contribution in [1.82, 2.24) is 15.6 Å². The fourth-order valence-corrected chi connectivity index (χ4v) is 3.80. The molecule has 0 aliphatic rings. The van der Waals surface area contributed by atoms with Crippen molar-refractivity contribution >= 4 is 45.7 Å². The molecule has 0 spiro atoms. The molecular weight excluding hydrogens is 476 g/mol. The van der Waals surface area contributed by atoms with E-state index in [9.17, 15) is 9.59 Å². The van der Waals surface area contributed by atoms with E-state index in [4.69, 9.17) is 21.7 Å². The van der Waals surface area contributed by atoms with Crippen molar-refractivity contribution in [2.24, 2.45) is 0 Å². The van der Waals surface area contributed by atoms with Gasteiger partial charge in [0, 0.05) is 30.4 Å². The fourth-order valence-electron chi connectivity index (χ4n) is 3.57. The van der Waals surface area contributed by atoms with E-state index in [1.165, 1.54) is 7.11 Å². The zero-order valence-corrected chi connectivity index (χ0v) is 20.5. The Balaban J connectivity index is 1.44. The Kier molecular flexibility index (Phi) is 7.72. The number of thiocarbonyl (C=S) groups is 1. The van der Waals surface area contributed by atoms with E-state index in [0.717, 1.165) is 5.56 Å². The normalized spacial score (nSPS) is 10.4. The zero-order valence-electron chi connectivity index (χ0n) is 19.7. The number of ether oxygens (including phenoxy) is 2. The predicted molar refractivity (Wildman–Crippen MR) is 143 cm³/mol. The van der Waals surface area contributed by atoms with Crippen LogP contribution >= 0.6 is 12.2 Å². The molecule has 3 N–H and O–H groups in total. The summed E-state index contributed by atoms with van der Waals surface area (Å²) in [4.78, 5) is 28.9. The van der Waals surface area contributed by atoms with Crippen LogP contribution < -0.4 is 25.4 Å². The molecule has 0 unspecified atom stereocenters. The second-order valence-electron chi connectivity index (χ2n) is 7.75. The van der Waals surface area contributed by atoms with Crippen LogP contribution in [0.3, 0.4) is 0 Å². The monoisotopic (exact) mass is 500 g/mol. The molecule has 0 fully saturated rings. The highest BCUT2D eigenvalue weighted by molar-refractivity contribution is 7.80. The molecule has 0 atom stereocenters. The lowest BCUT2D eigenvalue weighted by atomic mass is 10.1. The van der Waals surface area contributed by atoms with Gasteiger partial charge in [-0.15, -0.1) is 0 Å². The van der Waals surface area contributed by atoms with Gasteiger partial charge in [-0.1, -0.05) is 30.3 Å². The van der Waals surface area contributed by atoms with Crippen molar-refractivity contribution in [2.75, 3.05) is 19.5 Å². The van der Waals surface area contributed by atoms with Gasteiger partial charge in [-0.3, -0.25) is 14.6 Å². The molecular formula is C27H24N4O4S. The molecule has 4 aromatic rings. The molecule has 0 aliphatic carbocycles. The second kappa shape index (κ2) is 11.3. The standard InChI is InChI=1S/C27H24N4O4S/c1-28-26(33)21-15-20-22(16-24(21)34-2)29-13-12-23(20)35-19-10-8-18(9-11-19)30-27(36)31-25(32)14-17-6-4-3-5-7-17/h3-13,15-16H,14H2,1-2H3,(H,28,33)(H2,30,31,32,36). The van der Waals surface area contributed by atoms with E-state index >= 15 is 0 Å². The minimum atomic E-state index is -0.272. The number of pyridine rings is 1. The third-order valence-electron chi connectivity index (χ3n) is 5.29. The average molecular weight is 501 g/mol. The average Bonchev–Trinajstić information content (AvgIpc) is 2.89. The molecule has 0 saturated carbocycles. The van der Waals surface area contributed by atoms with Crippen LogP contribution in [0.1, 0.15) is 15.9 Å². The Morgan fingerprint density at radius 3 is 2.42 bits per heavy atom. The van der Waals surface area contributed by atoms with E-state index in [1.807, 2.05) is 30.3 Å². The number of aromatic nitrogens is 1. The third kappa shape index (κ3) is 5.94. The Morgan fingerprint density at radius 1 is 0.972 bits per heavy atom. The Bertz CT molecular complexity index is 1410. The Hall–Kier alpha value is -4.50. The summed E-state index contributed by atoms with van der Waals surface area (Å²) in [5, 5.41) is 9.16. The highest BCUT2D eigenvalue weighted by Crippen LogP contribution is 2.33. The lowest BCUT2D eigenvalue weighted by Gasteiger charge is -2.13. The van der Waals surface area contributed by atoms with Gasteiger partial charge in [0.05, 0.1) is 24.6 Å². The number of amides is 2. The lowest BCUT2D eigenvalue weighted by Crippen LogP contribution is -2.35. The number of hydrogen-bond donors (Lipinski definition) is 3. The number of nitrogens with one attached hydrogen (secondary N) is 3. The summed E-state index contributed by atoms with van der Waals surface area (Å²) in [6, 6.07) is 21.7. The number of hydrogen-bond acceptors (Lipinski definition) is 6. The number of methoxy groups -OCH3 is 1. The van der Waals surface area contributed by atoms with Crippen molar-refractivity contribution in [1.29, 1.82) is 0 Å². The molecule has 1 aromatic heterocycles. The van der Waals surface area contributed by atoms with E-state index < -0.39 is 0 Å². The van der Waals surface area contributed by atoms with Crippen LogP contribution in [0.2, 0.25) is 0 Å². The van der Waals surface area contributed by atoms with Crippen LogP contribution in [-0.4, -0.2) is 36.1 Å². The lowest BCUT2D eigenvalue weighted by molar-refractivity contribution is -0.119. The molecule has 36 heavy (non-hydrogen) atoms. The molecule has 8 nitrogen and oxygen atoms in total. The first-order chi connectivity index (χ1) is 17.5. The SMILES string of the molecule is CNC(=O)c1cc2c(Oc3ccc(NC(=S)NC(=O)Cc4ccccc4)cc3)ccnc2cc1OC. The molecule has 2 amide bonds. The van der Waals surface area contributed by atoms with Crippen LogP contribution in [0.15, 0.2) is 79.0 Å². The van der Waals surface area contributed by atoms with Crippen molar-refractivity contribution in [2.45, 2.75) is 6.42 Å². The van der Waals surface area contributed by atoms with Gasteiger partial charge in [0.25, 0.3) is 5.91 Å². The maximum atomic E-state index is 12.3. The van der Waals surface area contributed by atoms with E-state index in [0.29, 0.717) is 39.4 Å². The quantitative estimate of drug-likeness (QED) is 0.322. The summed E-state index contributed by atoms with van der Waals surface area (Å²) >= 11 is 5.26. The topological polar surface area (TPSA) is 102 Å². The van der Waals surface area contributed by atoms with Gasteiger partial charge < -0.3 is 25.4 Å². The molecule has 3 aromatic carbocycles. The number of rotatable bonds is 7. The summed E-state index contributed by atoms with van der Waals surface area (Å²) in [7, 11) is 3.06.